The van der Waals surface area contributed by atoms with Crippen molar-refractivity contribution < 1.29 is 23.4 Å². The SMILES string of the molecule is C=C(C(=O)Nc1ccc(Oc2ccnc3cc(OCC4CCNCC4)c(OC)cc23)c(F)c1)N(C)CC. The molecule has 0 aliphatic carbocycles. The van der Waals surface area contributed by atoms with Crippen LogP contribution >= 0.6 is 0 Å². The summed E-state index contributed by atoms with van der Waals surface area (Å²) in [5.41, 5.74) is 1.23. The van der Waals surface area contributed by atoms with Crippen molar-refractivity contribution >= 4 is 22.5 Å². The first kappa shape index (κ1) is 26.2. The van der Waals surface area contributed by atoms with Gasteiger partial charge in [0.1, 0.15) is 5.75 Å². The second-order valence-corrected chi connectivity index (χ2v) is 9.00. The summed E-state index contributed by atoms with van der Waals surface area (Å²) >= 11 is 0. The lowest BCUT2D eigenvalue weighted by Gasteiger charge is -2.23. The van der Waals surface area contributed by atoms with Crippen molar-refractivity contribution in [1.29, 1.82) is 0 Å². The van der Waals surface area contributed by atoms with Gasteiger partial charge in [0.2, 0.25) is 0 Å². The topological polar surface area (TPSA) is 85.0 Å². The predicted molar refractivity (Wildman–Crippen MR) is 142 cm³/mol. The number of likely N-dealkylation sites (N-methyl/N-ethyl adjacent to an activating group) is 1. The van der Waals surface area contributed by atoms with E-state index < -0.39 is 11.7 Å². The highest BCUT2D eigenvalue weighted by Crippen LogP contribution is 2.38. The highest BCUT2D eigenvalue weighted by atomic mass is 19.1. The number of anilines is 1. The summed E-state index contributed by atoms with van der Waals surface area (Å²) in [4.78, 5) is 18.5. The van der Waals surface area contributed by atoms with E-state index in [1.807, 2.05) is 13.0 Å². The van der Waals surface area contributed by atoms with Gasteiger partial charge in [-0.25, -0.2) is 4.39 Å². The van der Waals surface area contributed by atoms with Crippen molar-refractivity contribution in [1.82, 2.24) is 15.2 Å². The Morgan fingerprint density at radius 1 is 1.16 bits per heavy atom. The van der Waals surface area contributed by atoms with Gasteiger partial charge >= 0.3 is 0 Å². The summed E-state index contributed by atoms with van der Waals surface area (Å²) in [5.74, 6) is 1.07. The van der Waals surface area contributed by atoms with Crippen LogP contribution in [-0.2, 0) is 4.79 Å². The van der Waals surface area contributed by atoms with E-state index in [1.165, 1.54) is 12.1 Å². The molecule has 2 aromatic carbocycles. The van der Waals surface area contributed by atoms with E-state index in [1.54, 1.807) is 43.5 Å². The lowest BCUT2D eigenvalue weighted by molar-refractivity contribution is -0.114. The minimum absolute atomic E-state index is 0.0141. The van der Waals surface area contributed by atoms with Crippen LogP contribution in [0.25, 0.3) is 10.9 Å². The van der Waals surface area contributed by atoms with Crippen molar-refractivity contribution in [2.24, 2.45) is 5.92 Å². The number of hydrogen-bond acceptors (Lipinski definition) is 7. The minimum atomic E-state index is -0.619. The van der Waals surface area contributed by atoms with Crippen LogP contribution in [0.5, 0.6) is 23.0 Å². The fraction of sp³-hybridized carbons (Fsp3) is 0.357. The Balaban J connectivity index is 1.52. The van der Waals surface area contributed by atoms with Gasteiger partial charge < -0.3 is 29.7 Å². The normalized spacial score (nSPS) is 13.7. The summed E-state index contributed by atoms with van der Waals surface area (Å²) in [6, 6.07) is 9.53. The molecule has 0 spiro atoms. The Labute approximate surface area is 216 Å². The van der Waals surface area contributed by atoms with Gasteiger partial charge in [-0.3, -0.25) is 9.78 Å². The van der Waals surface area contributed by atoms with Crippen molar-refractivity contribution in [2.75, 3.05) is 45.7 Å². The fourth-order valence-electron chi connectivity index (χ4n) is 4.09. The van der Waals surface area contributed by atoms with Gasteiger partial charge in [-0.05, 0) is 63.0 Å². The van der Waals surface area contributed by atoms with E-state index in [-0.39, 0.29) is 5.75 Å². The first-order valence-electron chi connectivity index (χ1n) is 12.4. The number of rotatable bonds is 10. The first-order chi connectivity index (χ1) is 17.9. The number of ether oxygens (including phenoxy) is 3. The molecule has 1 saturated heterocycles. The molecule has 0 saturated carbocycles. The third-order valence-electron chi connectivity index (χ3n) is 6.53. The minimum Gasteiger partial charge on any atom is -0.493 e. The van der Waals surface area contributed by atoms with Gasteiger partial charge in [-0.2, -0.15) is 0 Å². The molecular weight excluding hydrogens is 475 g/mol. The monoisotopic (exact) mass is 508 g/mol. The summed E-state index contributed by atoms with van der Waals surface area (Å²) in [7, 11) is 3.34. The van der Waals surface area contributed by atoms with Crippen LogP contribution in [0.2, 0.25) is 0 Å². The summed E-state index contributed by atoms with van der Waals surface area (Å²) in [6.07, 6.45) is 3.75. The maximum atomic E-state index is 14.9. The number of carbonyl (C=O) groups is 1. The average Bonchev–Trinajstić information content (AvgIpc) is 2.92. The molecule has 1 amide bonds. The van der Waals surface area contributed by atoms with E-state index in [2.05, 4.69) is 22.2 Å². The van der Waals surface area contributed by atoms with Crippen LogP contribution in [0, 0.1) is 11.7 Å². The molecule has 0 radical (unpaired) electrons. The molecule has 37 heavy (non-hydrogen) atoms. The zero-order valence-electron chi connectivity index (χ0n) is 21.5. The number of fused-ring (bicyclic) bond motifs is 1. The van der Waals surface area contributed by atoms with Crippen LogP contribution in [0.1, 0.15) is 19.8 Å². The summed E-state index contributed by atoms with van der Waals surface area (Å²) in [6.45, 7) is 8.92. The van der Waals surface area contributed by atoms with Gasteiger partial charge in [0, 0.05) is 43.0 Å². The molecule has 1 fully saturated rings. The third-order valence-corrected chi connectivity index (χ3v) is 6.53. The van der Waals surface area contributed by atoms with E-state index in [0.717, 1.165) is 25.9 Å². The molecule has 9 heteroatoms. The molecule has 2 N–H and O–H groups in total. The van der Waals surface area contributed by atoms with Gasteiger partial charge in [0.25, 0.3) is 5.91 Å². The summed E-state index contributed by atoms with van der Waals surface area (Å²) in [5, 5.41) is 6.67. The lowest BCUT2D eigenvalue weighted by Crippen LogP contribution is -2.30. The zero-order chi connectivity index (χ0) is 26.4. The lowest BCUT2D eigenvalue weighted by atomic mass is 9.99. The zero-order valence-corrected chi connectivity index (χ0v) is 21.5. The molecule has 196 valence electrons. The maximum Gasteiger partial charge on any atom is 0.271 e. The van der Waals surface area contributed by atoms with Crippen molar-refractivity contribution in [3.05, 3.63) is 60.7 Å². The quantitative estimate of drug-likeness (QED) is 0.375. The predicted octanol–water partition coefficient (Wildman–Crippen LogP) is 4.96. The second-order valence-electron chi connectivity index (χ2n) is 9.00. The molecule has 0 atom stereocenters. The van der Waals surface area contributed by atoms with Crippen LogP contribution in [0.15, 0.2) is 54.9 Å². The molecule has 2 heterocycles. The molecule has 0 unspecified atom stereocenters. The van der Waals surface area contributed by atoms with E-state index in [4.69, 9.17) is 14.2 Å². The van der Waals surface area contributed by atoms with Crippen LogP contribution < -0.4 is 24.8 Å². The smallest absolute Gasteiger partial charge is 0.271 e. The Bertz CT molecular complexity index is 1280. The number of amides is 1. The summed E-state index contributed by atoms with van der Waals surface area (Å²) < 4.78 is 32.5. The molecule has 8 nitrogen and oxygen atoms in total. The molecule has 3 aromatic rings. The van der Waals surface area contributed by atoms with Crippen LogP contribution in [0.3, 0.4) is 0 Å². The van der Waals surface area contributed by atoms with Gasteiger partial charge in [0.05, 0.1) is 24.9 Å². The Morgan fingerprint density at radius 3 is 2.65 bits per heavy atom. The van der Waals surface area contributed by atoms with Gasteiger partial charge in [-0.15, -0.1) is 0 Å². The van der Waals surface area contributed by atoms with Crippen molar-refractivity contribution in [3.8, 4) is 23.0 Å². The molecule has 0 bridgehead atoms. The van der Waals surface area contributed by atoms with Crippen molar-refractivity contribution in [3.63, 3.8) is 0 Å². The number of pyridine rings is 1. The number of aromatic nitrogens is 1. The van der Waals surface area contributed by atoms with Crippen molar-refractivity contribution in [2.45, 2.75) is 19.8 Å². The second kappa shape index (κ2) is 11.9. The average molecular weight is 509 g/mol. The Hall–Kier alpha value is -3.85. The van der Waals surface area contributed by atoms with Crippen LogP contribution in [-0.4, -0.2) is 56.2 Å². The highest BCUT2D eigenvalue weighted by molar-refractivity contribution is 6.02. The Kier molecular flexibility index (Phi) is 8.45. The number of nitrogens with zero attached hydrogens (tertiary/aromatic N) is 2. The maximum absolute atomic E-state index is 14.9. The number of piperidine rings is 1. The molecule has 1 aromatic heterocycles. The van der Waals surface area contributed by atoms with E-state index in [0.29, 0.717) is 58.6 Å². The standard InChI is InChI=1S/C28H33FN4O4/c1-5-33(3)18(2)28(34)32-20-6-7-25(22(29)14-20)37-24-10-13-31-23-16-27(26(35-4)15-21(23)24)36-17-19-8-11-30-12-9-19/h6-7,10,13-16,19,30H,2,5,8-9,11-12,17H2,1,3-4H3,(H,32,34). The van der Waals surface area contributed by atoms with Crippen LogP contribution in [0.4, 0.5) is 10.1 Å². The number of methoxy groups -OCH3 is 1. The highest BCUT2D eigenvalue weighted by Gasteiger charge is 2.18. The Morgan fingerprint density at radius 2 is 1.95 bits per heavy atom. The number of hydrogen-bond donors (Lipinski definition) is 2. The number of nitrogens with one attached hydrogen (secondary N) is 2. The fourth-order valence-corrected chi connectivity index (χ4v) is 4.09. The number of halogens is 1. The first-order valence-corrected chi connectivity index (χ1v) is 12.4. The molecule has 1 aliphatic heterocycles. The molecule has 4 rings (SSSR count). The number of benzene rings is 2. The number of carbonyl (C=O) groups excluding carboxylic acids is 1. The van der Waals surface area contributed by atoms with Gasteiger partial charge in [0.15, 0.2) is 23.1 Å². The molecular formula is C28H33FN4O4. The third kappa shape index (κ3) is 6.29. The largest absolute Gasteiger partial charge is 0.493 e. The van der Waals surface area contributed by atoms with E-state index in [9.17, 15) is 9.18 Å². The molecule has 1 aliphatic rings. The van der Waals surface area contributed by atoms with E-state index >= 15 is 0 Å². The van der Waals surface area contributed by atoms with Gasteiger partial charge in [-0.1, -0.05) is 6.58 Å².